The van der Waals surface area contributed by atoms with E-state index in [1.54, 1.807) is 22.8 Å². The molecule has 3 heterocycles. The fourth-order valence-electron chi connectivity index (χ4n) is 2.94. The highest BCUT2D eigenvalue weighted by Gasteiger charge is 2.19. The van der Waals surface area contributed by atoms with Gasteiger partial charge in [0.05, 0.1) is 12.2 Å². The van der Waals surface area contributed by atoms with Gasteiger partial charge in [-0.1, -0.05) is 0 Å². The maximum absolute atomic E-state index is 13.7. The standard InChI is InChI=1S/C18H18FN5O2/c1-11-10-26-15-4-3-13(19)7-12(15)9-23(2)16-5-6-24-17(22-16)14(8-20-24)18(25)21-11/h3-8,11H,9-10H2,1-2H3,(H,21,25). The van der Waals surface area contributed by atoms with E-state index in [-0.39, 0.29) is 24.4 Å². The van der Waals surface area contributed by atoms with Crippen LogP contribution in [0, 0.1) is 5.82 Å². The van der Waals surface area contributed by atoms with E-state index in [1.165, 1.54) is 18.3 Å². The number of rotatable bonds is 0. The van der Waals surface area contributed by atoms with Crippen molar-refractivity contribution in [2.45, 2.75) is 19.5 Å². The van der Waals surface area contributed by atoms with Gasteiger partial charge in [-0.15, -0.1) is 0 Å². The van der Waals surface area contributed by atoms with Crippen LogP contribution in [0.25, 0.3) is 5.65 Å². The molecule has 7 nitrogen and oxygen atoms in total. The Kier molecular flexibility index (Phi) is 3.95. The van der Waals surface area contributed by atoms with Gasteiger partial charge in [-0.05, 0) is 31.2 Å². The summed E-state index contributed by atoms with van der Waals surface area (Å²) in [7, 11) is 1.85. The lowest BCUT2D eigenvalue weighted by molar-refractivity contribution is 0.0928. The van der Waals surface area contributed by atoms with Crippen LogP contribution in [0.15, 0.2) is 36.7 Å². The van der Waals surface area contributed by atoms with Crippen molar-refractivity contribution < 1.29 is 13.9 Å². The van der Waals surface area contributed by atoms with Gasteiger partial charge in [0.25, 0.3) is 5.91 Å². The van der Waals surface area contributed by atoms with Crippen LogP contribution in [0.2, 0.25) is 0 Å². The van der Waals surface area contributed by atoms with Gasteiger partial charge in [0.15, 0.2) is 5.65 Å². The topological polar surface area (TPSA) is 71.8 Å². The molecular formula is C18H18FN5O2. The summed E-state index contributed by atoms with van der Waals surface area (Å²) < 4.78 is 21.1. The highest BCUT2D eigenvalue weighted by atomic mass is 19.1. The van der Waals surface area contributed by atoms with Crippen LogP contribution in [0.1, 0.15) is 22.8 Å². The first-order valence-corrected chi connectivity index (χ1v) is 8.29. The van der Waals surface area contributed by atoms with Crippen LogP contribution < -0.4 is 15.0 Å². The molecule has 1 amide bonds. The molecule has 2 bridgehead atoms. The van der Waals surface area contributed by atoms with Crippen LogP contribution in [-0.4, -0.2) is 40.2 Å². The van der Waals surface area contributed by atoms with Crippen LogP contribution in [0.5, 0.6) is 5.75 Å². The minimum Gasteiger partial charge on any atom is -0.491 e. The molecule has 0 aliphatic carbocycles. The summed E-state index contributed by atoms with van der Waals surface area (Å²) in [6, 6.07) is 5.99. The zero-order chi connectivity index (χ0) is 18.3. The number of benzene rings is 1. The maximum Gasteiger partial charge on any atom is 0.257 e. The van der Waals surface area contributed by atoms with Crippen molar-refractivity contribution in [2.24, 2.45) is 0 Å². The number of carbonyl (C=O) groups is 1. The number of halogens is 1. The van der Waals surface area contributed by atoms with E-state index < -0.39 is 0 Å². The highest BCUT2D eigenvalue weighted by molar-refractivity contribution is 5.99. The first-order chi connectivity index (χ1) is 12.5. The summed E-state index contributed by atoms with van der Waals surface area (Å²) in [5, 5.41) is 7.06. The summed E-state index contributed by atoms with van der Waals surface area (Å²) in [4.78, 5) is 19.0. The molecule has 1 aliphatic heterocycles. The Morgan fingerprint density at radius 2 is 2.19 bits per heavy atom. The Balaban J connectivity index is 1.82. The van der Waals surface area contributed by atoms with E-state index in [9.17, 15) is 9.18 Å². The van der Waals surface area contributed by atoms with Crippen LogP contribution in [-0.2, 0) is 6.54 Å². The lowest BCUT2D eigenvalue weighted by atomic mass is 10.2. The fraction of sp³-hybridized carbons (Fsp3) is 0.278. The second-order valence-electron chi connectivity index (χ2n) is 6.41. The fourth-order valence-corrected chi connectivity index (χ4v) is 2.94. The molecule has 8 heteroatoms. The van der Waals surface area contributed by atoms with Crippen molar-refractivity contribution in [3.63, 3.8) is 0 Å². The van der Waals surface area contributed by atoms with E-state index in [2.05, 4.69) is 15.4 Å². The van der Waals surface area contributed by atoms with E-state index >= 15 is 0 Å². The quantitative estimate of drug-likeness (QED) is 0.668. The molecule has 0 radical (unpaired) electrons. The molecule has 1 aliphatic rings. The van der Waals surface area contributed by atoms with Crippen molar-refractivity contribution in [1.29, 1.82) is 0 Å². The average Bonchev–Trinajstić information content (AvgIpc) is 3.03. The normalized spacial score (nSPS) is 17.7. The first kappa shape index (κ1) is 16.3. The summed E-state index contributed by atoms with van der Waals surface area (Å²) in [5.74, 6) is 0.645. The molecule has 0 spiro atoms. The van der Waals surface area contributed by atoms with Crippen molar-refractivity contribution in [2.75, 3.05) is 18.6 Å². The lowest BCUT2D eigenvalue weighted by Crippen LogP contribution is -2.36. The number of hydrogen-bond donors (Lipinski definition) is 1. The molecule has 4 rings (SSSR count). The summed E-state index contributed by atoms with van der Waals surface area (Å²) in [6.07, 6.45) is 3.25. The molecule has 1 atom stereocenters. The van der Waals surface area contributed by atoms with Crippen molar-refractivity contribution in [3.8, 4) is 5.75 Å². The van der Waals surface area contributed by atoms with E-state index in [0.717, 1.165) is 0 Å². The SMILES string of the molecule is CC1COc2ccc(F)cc2CN(C)c2ccn3ncc(c3n2)C(=O)N1. The van der Waals surface area contributed by atoms with Crippen LogP contribution >= 0.6 is 0 Å². The largest absolute Gasteiger partial charge is 0.491 e. The molecule has 0 saturated carbocycles. The number of carbonyl (C=O) groups excluding carboxylic acids is 1. The smallest absolute Gasteiger partial charge is 0.257 e. The molecule has 3 aromatic rings. The molecule has 1 N–H and O–H groups in total. The van der Waals surface area contributed by atoms with Gasteiger partial charge in [0.1, 0.15) is 29.6 Å². The first-order valence-electron chi connectivity index (χ1n) is 8.29. The van der Waals surface area contributed by atoms with Crippen LogP contribution in [0.4, 0.5) is 10.2 Å². The second kappa shape index (κ2) is 6.29. The zero-order valence-corrected chi connectivity index (χ0v) is 14.4. The summed E-state index contributed by atoms with van der Waals surface area (Å²) in [5.41, 5.74) is 1.58. The van der Waals surface area contributed by atoms with Gasteiger partial charge < -0.3 is 15.0 Å². The number of fused-ring (bicyclic) bond motifs is 2. The minimum atomic E-state index is -0.326. The number of aromatic nitrogens is 3. The lowest BCUT2D eigenvalue weighted by Gasteiger charge is -2.21. The van der Waals surface area contributed by atoms with E-state index in [1.807, 2.05) is 18.9 Å². The maximum atomic E-state index is 13.7. The van der Waals surface area contributed by atoms with Crippen molar-refractivity contribution >= 4 is 17.4 Å². The van der Waals surface area contributed by atoms with E-state index in [4.69, 9.17) is 4.74 Å². The number of amides is 1. The third-order valence-electron chi connectivity index (χ3n) is 4.29. The molecule has 26 heavy (non-hydrogen) atoms. The zero-order valence-electron chi connectivity index (χ0n) is 14.4. The molecule has 1 unspecified atom stereocenters. The summed E-state index contributed by atoms with van der Waals surface area (Å²) in [6.45, 7) is 2.52. The Labute approximate surface area is 149 Å². The number of hydrogen-bond acceptors (Lipinski definition) is 5. The number of ether oxygens (including phenoxy) is 1. The highest BCUT2D eigenvalue weighted by Crippen LogP contribution is 2.24. The Bertz CT molecular complexity index is 987. The Morgan fingerprint density at radius 1 is 1.35 bits per heavy atom. The number of nitrogens with one attached hydrogen (secondary N) is 1. The van der Waals surface area contributed by atoms with Gasteiger partial charge in [-0.3, -0.25) is 4.79 Å². The third kappa shape index (κ3) is 2.94. The molecule has 0 fully saturated rings. The molecule has 2 aromatic heterocycles. The van der Waals surface area contributed by atoms with Gasteiger partial charge in [0, 0.05) is 25.4 Å². The van der Waals surface area contributed by atoms with Crippen LogP contribution in [0.3, 0.4) is 0 Å². The molecule has 0 saturated heterocycles. The second-order valence-corrected chi connectivity index (χ2v) is 6.41. The van der Waals surface area contributed by atoms with Gasteiger partial charge >= 0.3 is 0 Å². The Morgan fingerprint density at radius 3 is 3.04 bits per heavy atom. The van der Waals surface area contributed by atoms with Gasteiger partial charge in [0.2, 0.25) is 0 Å². The average molecular weight is 355 g/mol. The molecular weight excluding hydrogens is 337 g/mol. The predicted octanol–water partition coefficient (Wildman–Crippen LogP) is 2.02. The predicted molar refractivity (Wildman–Crippen MR) is 93.9 cm³/mol. The molecule has 1 aromatic carbocycles. The minimum absolute atomic E-state index is 0.239. The Hall–Kier alpha value is -3.16. The van der Waals surface area contributed by atoms with Crippen molar-refractivity contribution in [3.05, 3.63) is 53.6 Å². The van der Waals surface area contributed by atoms with Crippen molar-refractivity contribution in [1.82, 2.24) is 19.9 Å². The monoisotopic (exact) mass is 355 g/mol. The third-order valence-corrected chi connectivity index (χ3v) is 4.29. The van der Waals surface area contributed by atoms with Gasteiger partial charge in [-0.25, -0.2) is 13.9 Å². The molecule has 134 valence electrons. The van der Waals surface area contributed by atoms with E-state index in [0.29, 0.717) is 34.9 Å². The van der Waals surface area contributed by atoms with Gasteiger partial charge in [-0.2, -0.15) is 5.10 Å². The summed E-state index contributed by atoms with van der Waals surface area (Å²) >= 11 is 0. The number of anilines is 1. The number of nitrogens with zero attached hydrogens (tertiary/aromatic N) is 4.